The predicted molar refractivity (Wildman–Crippen MR) is 233 cm³/mol. The van der Waals surface area contributed by atoms with Crippen molar-refractivity contribution in [3.05, 3.63) is 59.8 Å². The molecule has 0 saturated carbocycles. The van der Waals surface area contributed by atoms with Gasteiger partial charge in [0.05, 0.1) is 42.7 Å². The van der Waals surface area contributed by atoms with Gasteiger partial charge in [0.2, 0.25) is 17.7 Å². The van der Waals surface area contributed by atoms with Crippen LogP contribution in [0, 0.1) is 29.6 Å². The second-order valence-electron chi connectivity index (χ2n) is 17.4. The van der Waals surface area contributed by atoms with Gasteiger partial charge in [-0.15, -0.1) is 0 Å². The fourth-order valence-corrected chi connectivity index (χ4v) is 8.97. The zero-order valence-corrected chi connectivity index (χ0v) is 37.8. The number of nitrogen functional groups attached to an aromatic ring is 1. The van der Waals surface area contributed by atoms with Crippen LogP contribution in [0.15, 0.2) is 48.7 Å². The third kappa shape index (κ3) is 13.3. The van der Waals surface area contributed by atoms with Crippen molar-refractivity contribution in [3.63, 3.8) is 0 Å². The van der Waals surface area contributed by atoms with Crippen LogP contribution in [0.1, 0.15) is 91.7 Å². The van der Waals surface area contributed by atoms with E-state index in [0.717, 1.165) is 11.1 Å². The number of nitrogens with one attached hydrogen (secondary N) is 1. The molecule has 1 aliphatic rings. The fourth-order valence-electron chi connectivity index (χ4n) is 8.97. The number of benzene rings is 1. The summed E-state index contributed by atoms with van der Waals surface area (Å²) in [4.78, 5) is 78.2. The number of ether oxygens (including phenoxy) is 2. The normalized spacial score (nSPS) is 18.4. The van der Waals surface area contributed by atoms with Gasteiger partial charge < -0.3 is 35.4 Å². The highest BCUT2D eigenvalue weighted by Crippen LogP contribution is 2.31. The number of carbonyl (C=O) groups excluding carboxylic acids is 4. The Labute approximate surface area is 357 Å². The molecule has 1 fully saturated rings. The van der Waals surface area contributed by atoms with E-state index < -0.39 is 60.1 Å². The van der Waals surface area contributed by atoms with E-state index in [-0.39, 0.29) is 54.6 Å². The van der Waals surface area contributed by atoms with E-state index in [1.54, 1.807) is 43.1 Å². The Hall–Kier alpha value is -4.40. The van der Waals surface area contributed by atoms with Crippen LogP contribution in [0.5, 0.6) is 0 Å². The van der Waals surface area contributed by atoms with Crippen LogP contribution in [0.3, 0.4) is 0 Å². The largest absolute Gasteiger partial charge is 0.480 e. The minimum absolute atomic E-state index is 0.00939. The van der Waals surface area contributed by atoms with Gasteiger partial charge in [0.1, 0.15) is 11.9 Å². The van der Waals surface area contributed by atoms with Gasteiger partial charge in [0, 0.05) is 59.3 Å². The van der Waals surface area contributed by atoms with E-state index in [4.69, 9.17) is 15.2 Å². The first-order chi connectivity index (χ1) is 28.4. The average molecular weight is 837 g/mol. The summed E-state index contributed by atoms with van der Waals surface area (Å²) in [7, 11) is 6.71. The van der Waals surface area contributed by atoms with E-state index in [1.807, 2.05) is 89.9 Å². The van der Waals surface area contributed by atoms with Crippen molar-refractivity contribution in [3.8, 4) is 0 Å². The Morgan fingerprint density at radius 2 is 1.62 bits per heavy atom. The van der Waals surface area contributed by atoms with E-state index in [1.165, 1.54) is 7.11 Å². The molecule has 1 aliphatic heterocycles. The second kappa shape index (κ2) is 23.6. The van der Waals surface area contributed by atoms with Crippen LogP contribution in [-0.4, -0.2) is 125 Å². The molecule has 1 aromatic heterocycles. The number of methoxy groups -OCH3 is 2. The number of carboxylic acid groups (broad SMARTS) is 1. The molecule has 1 saturated heterocycles. The van der Waals surface area contributed by atoms with Crippen molar-refractivity contribution >= 4 is 35.3 Å². The van der Waals surface area contributed by atoms with Gasteiger partial charge in [-0.1, -0.05) is 85.2 Å². The highest BCUT2D eigenvalue weighted by atomic mass is 16.5. The molecule has 4 N–H and O–H groups in total. The number of aliphatic carboxylic acids is 1. The van der Waals surface area contributed by atoms with E-state index >= 15 is 0 Å². The molecule has 9 atom stereocenters. The summed E-state index contributed by atoms with van der Waals surface area (Å²) in [6.45, 7) is 14.7. The molecule has 3 amide bonds. The second-order valence-corrected chi connectivity index (χ2v) is 17.4. The monoisotopic (exact) mass is 837 g/mol. The Balaban J connectivity index is 1.78. The molecule has 2 aromatic rings. The van der Waals surface area contributed by atoms with Crippen molar-refractivity contribution < 1.29 is 38.6 Å². The number of nitrogens with zero attached hydrogens (tertiary/aromatic N) is 4. The van der Waals surface area contributed by atoms with Gasteiger partial charge in [-0.2, -0.15) is 0 Å². The Morgan fingerprint density at radius 1 is 0.950 bits per heavy atom. The number of pyridine rings is 1. The molecule has 2 heterocycles. The number of aromatic nitrogens is 1. The summed E-state index contributed by atoms with van der Waals surface area (Å²) in [5, 5.41) is 12.6. The number of nitrogens with two attached hydrogens (primary N) is 1. The quantitative estimate of drug-likeness (QED) is 0.128. The van der Waals surface area contributed by atoms with E-state index in [2.05, 4.69) is 10.3 Å². The molecule has 60 heavy (non-hydrogen) atoms. The lowest BCUT2D eigenvalue weighted by molar-refractivity contribution is -0.149. The van der Waals surface area contributed by atoms with Crippen LogP contribution < -0.4 is 11.1 Å². The highest BCUT2D eigenvalue weighted by molar-refractivity contribution is 5.90. The Kier molecular flexibility index (Phi) is 19.6. The first-order valence-electron chi connectivity index (χ1n) is 21.5. The summed E-state index contributed by atoms with van der Waals surface area (Å²) in [6.07, 6.45) is 2.49. The van der Waals surface area contributed by atoms with Crippen LogP contribution in [-0.2, 0) is 46.4 Å². The minimum Gasteiger partial charge on any atom is -0.480 e. The van der Waals surface area contributed by atoms with Crippen LogP contribution in [0.4, 0.5) is 5.82 Å². The molecule has 14 nitrogen and oxygen atoms in total. The number of rotatable bonds is 24. The summed E-state index contributed by atoms with van der Waals surface area (Å²) >= 11 is 0. The number of hydrogen-bond acceptors (Lipinski definition) is 10. The zero-order valence-electron chi connectivity index (χ0n) is 37.8. The lowest BCUT2D eigenvalue weighted by atomic mass is 9.83. The molecular formula is C46H72N6O8. The molecule has 0 unspecified atom stereocenters. The van der Waals surface area contributed by atoms with Crippen LogP contribution in [0.25, 0.3) is 0 Å². The van der Waals surface area contributed by atoms with E-state index in [9.17, 15) is 29.1 Å². The van der Waals surface area contributed by atoms with Crippen LogP contribution >= 0.6 is 0 Å². The smallest absolute Gasteiger partial charge is 0.326 e. The van der Waals surface area contributed by atoms with Crippen LogP contribution in [0.2, 0.25) is 0 Å². The number of hydrogen-bond donors (Lipinski definition) is 3. The van der Waals surface area contributed by atoms with Gasteiger partial charge in [0.25, 0.3) is 0 Å². The third-order valence-electron chi connectivity index (χ3n) is 12.4. The van der Waals surface area contributed by atoms with Crippen molar-refractivity contribution in [2.75, 3.05) is 40.6 Å². The number of Topliss-reactive ketones (excluding diaryl/α,β-unsaturated/α-hetero) is 1. The lowest BCUT2D eigenvalue weighted by Crippen LogP contribution is -2.55. The van der Waals surface area contributed by atoms with Crippen molar-refractivity contribution in [2.45, 2.75) is 130 Å². The van der Waals surface area contributed by atoms with Gasteiger partial charge in [-0.3, -0.25) is 24.1 Å². The van der Waals surface area contributed by atoms with Gasteiger partial charge in [-0.25, -0.2) is 9.78 Å². The maximum absolute atomic E-state index is 14.6. The van der Waals surface area contributed by atoms with Gasteiger partial charge in [0.15, 0.2) is 5.78 Å². The number of carboxylic acids is 1. The Morgan fingerprint density at radius 3 is 2.17 bits per heavy atom. The van der Waals surface area contributed by atoms with Gasteiger partial charge in [-0.05, 0) is 60.9 Å². The molecule has 0 bridgehead atoms. The molecular weight excluding hydrogens is 765 g/mol. The molecule has 334 valence electrons. The Bertz CT molecular complexity index is 1710. The average Bonchev–Trinajstić information content (AvgIpc) is 3.69. The first-order valence-corrected chi connectivity index (χ1v) is 21.5. The van der Waals surface area contributed by atoms with Crippen molar-refractivity contribution in [1.29, 1.82) is 0 Å². The number of ketones is 1. The van der Waals surface area contributed by atoms with E-state index in [0.29, 0.717) is 38.2 Å². The molecule has 1 aromatic carbocycles. The number of anilines is 1. The SMILES string of the molecule is CC[C@H](C)[C@@H]([C@@H](CC(=O)N1CCC[C@H]1[C@H](OC)[C@@H](C)C(=O)N[C@@H](Cc1ccccc1)C(=O)O)OC)N(C)C(=O)[C@@H](CC(=O)[C@H](C(C)C)N(C)Cc1ccnc(N)c1)C(C)C. The van der Waals surface area contributed by atoms with Crippen molar-refractivity contribution in [1.82, 2.24) is 25.0 Å². The molecule has 14 heteroatoms. The van der Waals surface area contributed by atoms with Crippen molar-refractivity contribution in [2.24, 2.45) is 29.6 Å². The maximum atomic E-state index is 14.6. The number of carbonyl (C=O) groups is 5. The minimum atomic E-state index is -1.14. The number of amides is 3. The highest BCUT2D eigenvalue weighted by Gasteiger charge is 2.43. The number of likely N-dealkylation sites (N-methyl/N-ethyl adjacent to an activating group) is 2. The molecule has 3 rings (SSSR count). The summed E-state index contributed by atoms with van der Waals surface area (Å²) in [6, 6.07) is 10.3. The number of likely N-dealkylation sites (tertiary alicyclic amines) is 1. The molecule has 0 spiro atoms. The summed E-state index contributed by atoms with van der Waals surface area (Å²) < 4.78 is 12.0. The summed E-state index contributed by atoms with van der Waals surface area (Å²) in [5.41, 5.74) is 7.64. The lowest BCUT2D eigenvalue weighted by Gasteiger charge is -2.41. The molecule has 0 aliphatic carbocycles. The predicted octanol–water partition coefficient (Wildman–Crippen LogP) is 5.08. The zero-order chi connectivity index (χ0) is 44.8. The topological polar surface area (TPSA) is 185 Å². The first kappa shape index (κ1) is 50.0. The fraction of sp³-hybridized carbons (Fsp3) is 0.652. The third-order valence-corrected chi connectivity index (χ3v) is 12.4. The molecule has 0 radical (unpaired) electrons. The van der Waals surface area contributed by atoms with Gasteiger partial charge >= 0.3 is 5.97 Å². The standard InChI is InChI=1S/C46H72N6O8/c1-12-30(6)42(51(9)45(56)34(28(2)3)25-37(53)41(29(4)5)50(8)27-33-20-21-48-39(47)24-33)38(59-10)26-40(54)52-22-16-19-36(52)43(60-11)31(7)44(55)49-35(46(57)58)23-32-17-14-13-15-18-32/h13-15,17-18,20-21,24,28-31,34-36,38,41-43H,12,16,19,22-23,25-27H2,1-11H3,(H2,47,48)(H,49,55)(H,57,58)/t30-,31+,34-,35-,36-,38+,41-,42-,43+/m0/s1. The maximum Gasteiger partial charge on any atom is 0.326 e. The summed E-state index contributed by atoms with van der Waals surface area (Å²) in [5.74, 6) is -3.13.